The first kappa shape index (κ1) is 24.3. The van der Waals surface area contributed by atoms with E-state index in [0.717, 1.165) is 43.0 Å². The summed E-state index contributed by atoms with van der Waals surface area (Å²) in [5, 5.41) is 1.11. The number of nitrogens with zero attached hydrogens (tertiary/aromatic N) is 3. The van der Waals surface area contributed by atoms with E-state index in [1.54, 1.807) is 20.7 Å². The minimum atomic E-state index is -0.361. The lowest BCUT2D eigenvalue weighted by atomic mass is 9.96. The molecule has 2 aromatic heterocycles. The fraction of sp³-hybridized carbons (Fsp3) is 0.167. The molecule has 3 aromatic carbocycles. The van der Waals surface area contributed by atoms with Crippen LogP contribution in [0, 0.1) is 3.82 Å². The predicted octanol–water partition coefficient (Wildman–Crippen LogP) is 6.91. The Morgan fingerprint density at radius 3 is 2.59 bits per heavy atom. The number of para-hydroxylation sites is 2. The van der Waals surface area contributed by atoms with E-state index in [1.165, 1.54) is 5.56 Å². The Bertz CT molecular complexity index is 1820. The molecule has 194 valence electrons. The van der Waals surface area contributed by atoms with Crippen molar-refractivity contribution in [2.75, 3.05) is 18.5 Å². The first-order valence-corrected chi connectivity index (χ1v) is 15.2. The molecule has 2 aliphatic rings. The molecule has 0 saturated carbocycles. The fourth-order valence-corrected chi connectivity index (χ4v) is 8.23. The van der Waals surface area contributed by atoms with Crippen LogP contribution in [0.4, 0.5) is 5.69 Å². The van der Waals surface area contributed by atoms with Crippen LogP contribution in [0.15, 0.2) is 78.9 Å². The van der Waals surface area contributed by atoms with Crippen molar-refractivity contribution in [1.82, 2.24) is 9.47 Å². The van der Waals surface area contributed by atoms with Gasteiger partial charge in [0.15, 0.2) is 0 Å². The second kappa shape index (κ2) is 9.44. The minimum absolute atomic E-state index is 0.0218. The third-order valence-electron chi connectivity index (χ3n) is 7.52. The molecule has 7 rings (SSSR count). The topological polar surface area (TPSA) is 54.8 Å². The molecule has 0 N–H and O–H groups in total. The Kier molecular flexibility index (Phi) is 5.88. The van der Waals surface area contributed by atoms with Crippen LogP contribution in [0.2, 0.25) is 0 Å². The summed E-state index contributed by atoms with van der Waals surface area (Å²) in [6.45, 7) is 0.662. The maximum Gasteiger partial charge on any atom is 0.331 e. The number of carbonyl (C=O) groups is 2. The highest BCUT2D eigenvalue weighted by Gasteiger charge is 2.42. The summed E-state index contributed by atoms with van der Waals surface area (Å²) in [4.78, 5) is 32.0. The first-order valence-electron chi connectivity index (χ1n) is 12.6. The summed E-state index contributed by atoms with van der Waals surface area (Å²) >= 11 is 5.25. The number of hydrogen-bond donors (Lipinski definition) is 0. The molecule has 39 heavy (non-hydrogen) atoms. The van der Waals surface area contributed by atoms with E-state index in [2.05, 4.69) is 11.0 Å². The standard InChI is InChI=1S/C30H23N3O3S3/c1-31-23-8-4-3-7-22(23)30(35)32-15-14-21-20-6-2-5-9-24(20)33(28(21)29(31)32)17-26(34)36-19-12-10-18(11-13-19)25-16-27(37)39-38-25/h2-13,16,29H,14-15,17H2,1H3. The minimum Gasteiger partial charge on any atom is -0.425 e. The Hall–Kier alpha value is -3.79. The molecule has 0 radical (unpaired) electrons. The van der Waals surface area contributed by atoms with E-state index >= 15 is 0 Å². The second-order valence-corrected chi connectivity index (χ2v) is 12.6. The van der Waals surface area contributed by atoms with Gasteiger partial charge in [0.2, 0.25) is 0 Å². The van der Waals surface area contributed by atoms with Gasteiger partial charge in [-0.15, -0.1) is 0 Å². The molecule has 1 unspecified atom stereocenters. The Morgan fingerprint density at radius 2 is 1.79 bits per heavy atom. The van der Waals surface area contributed by atoms with Gasteiger partial charge in [-0.25, -0.2) is 4.79 Å². The molecule has 0 fully saturated rings. The monoisotopic (exact) mass is 569 g/mol. The highest BCUT2D eigenvalue weighted by atomic mass is 32.9. The van der Waals surface area contributed by atoms with Crippen LogP contribution < -0.4 is 9.64 Å². The van der Waals surface area contributed by atoms with E-state index in [4.69, 9.17) is 17.0 Å². The first-order chi connectivity index (χ1) is 19.0. The lowest BCUT2D eigenvalue weighted by Gasteiger charge is -2.46. The van der Waals surface area contributed by atoms with Gasteiger partial charge < -0.3 is 19.1 Å². The van der Waals surface area contributed by atoms with E-state index < -0.39 is 0 Å². The van der Waals surface area contributed by atoms with Crippen LogP contribution >= 0.6 is 32.9 Å². The molecule has 0 aliphatic carbocycles. The maximum atomic E-state index is 13.5. The number of anilines is 1. The summed E-state index contributed by atoms with van der Waals surface area (Å²) in [7, 11) is 5.23. The van der Waals surface area contributed by atoms with Crippen LogP contribution in [0.5, 0.6) is 5.75 Å². The normalized spacial score (nSPS) is 16.1. The van der Waals surface area contributed by atoms with Gasteiger partial charge in [-0.05, 0) is 66.1 Å². The Morgan fingerprint density at radius 1 is 1.03 bits per heavy atom. The number of benzene rings is 3. The summed E-state index contributed by atoms with van der Waals surface area (Å²) < 4.78 is 8.69. The van der Waals surface area contributed by atoms with Crippen LogP contribution in [0.1, 0.15) is 27.8 Å². The van der Waals surface area contributed by atoms with Crippen molar-refractivity contribution in [1.29, 1.82) is 0 Å². The van der Waals surface area contributed by atoms with Gasteiger partial charge in [0.25, 0.3) is 5.91 Å². The SMILES string of the molecule is CN1c2ccccc2C(=O)N2CCc3c(n(CC(=O)Oc4ccc(-c5cc(=S)ss5)cc4)c4ccccc34)C21. The number of fused-ring (bicyclic) bond motifs is 6. The van der Waals surface area contributed by atoms with E-state index in [9.17, 15) is 9.59 Å². The van der Waals surface area contributed by atoms with Crippen molar-refractivity contribution in [2.24, 2.45) is 0 Å². The average molecular weight is 570 g/mol. The zero-order chi connectivity index (χ0) is 26.7. The lowest BCUT2D eigenvalue weighted by molar-refractivity contribution is -0.135. The smallest absolute Gasteiger partial charge is 0.331 e. The van der Waals surface area contributed by atoms with E-state index in [-0.39, 0.29) is 24.6 Å². The quantitative estimate of drug-likeness (QED) is 0.102. The number of rotatable bonds is 4. The molecular formula is C30H23N3O3S3. The van der Waals surface area contributed by atoms with Crippen LogP contribution in [-0.4, -0.2) is 34.9 Å². The van der Waals surface area contributed by atoms with Crippen molar-refractivity contribution in [3.63, 3.8) is 0 Å². The number of carbonyl (C=O) groups excluding carboxylic acids is 2. The highest BCUT2D eigenvalue weighted by molar-refractivity contribution is 7.80. The lowest BCUT2D eigenvalue weighted by Crippen LogP contribution is -2.51. The van der Waals surface area contributed by atoms with Gasteiger partial charge in [-0.2, -0.15) is 0 Å². The molecular weight excluding hydrogens is 547 g/mol. The van der Waals surface area contributed by atoms with Crippen molar-refractivity contribution in [2.45, 2.75) is 19.1 Å². The second-order valence-electron chi connectivity index (χ2n) is 9.71. The summed E-state index contributed by atoms with van der Waals surface area (Å²) in [6.07, 6.45) is 0.421. The molecule has 0 saturated heterocycles. The van der Waals surface area contributed by atoms with Crippen LogP contribution in [0.3, 0.4) is 0 Å². The molecule has 2 aliphatic heterocycles. The zero-order valence-corrected chi connectivity index (χ0v) is 23.4. The molecule has 0 spiro atoms. The summed E-state index contributed by atoms with van der Waals surface area (Å²) in [5.41, 5.74) is 5.76. The van der Waals surface area contributed by atoms with Gasteiger partial charge in [0, 0.05) is 29.4 Å². The van der Waals surface area contributed by atoms with Gasteiger partial charge >= 0.3 is 5.97 Å². The molecule has 6 nitrogen and oxygen atoms in total. The zero-order valence-electron chi connectivity index (χ0n) is 21.0. The third-order valence-corrected chi connectivity index (χ3v) is 10.4. The number of ether oxygens (including phenoxy) is 1. The summed E-state index contributed by atoms with van der Waals surface area (Å²) in [6, 6.07) is 25.4. The van der Waals surface area contributed by atoms with Crippen molar-refractivity contribution >= 4 is 61.4 Å². The number of hydrogen-bond acceptors (Lipinski definition) is 7. The number of amides is 1. The van der Waals surface area contributed by atoms with Gasteiger partial charge in [0.05, 0.1) is 16.9 Å². The number of esters is 1. The van der Waals surface area contributed by atoms with Crippen molar-refractivity contribution < 1.29 is 14.3 Å². The molecule has 5 aromatic rings. The van der Waals surface area contributed by atoms with Crippen molar-refractivity contribution in [3.8, 4) is 16.2 Å². The van der Waals surface area contributed by atoms with Crippen LogP contribution in [-0.2, 0) is 17.8 Å². The van der Waals surface area contributed by atoms with Gasteiger partial charge in [0.1, 0.15) is 22.3 Å². The predicted molar refractivity (Wildman–Crippen MR) is 158 cm³/mol. The number of aromatic nitrogens is 1. The van der Waals surface area contributed by atoms with Crippen LogP contribution in [0.25, 0.3) is 21.3 Å². The maximum absolute atomic E-state index is 13.5. The van der Waals surface area contributed by atoms with Gasteiger partial charge in [-0.3, -0.25) is 4.79 Å². The van der Waals surface area contributed by atoms with Crippen molar-refractivity contribution in [3.05, 3.63) is 99.5 Å². The molecule has 0 bridgehead atoms. The largest absolute Gasteiger partial charge is 0.425 e. The molecule has 9 heteroatoms. The fourth-order valence-electron chi connectivity index (χ4n) is 5.83. The average Bonchev–Trinajstić information content (AvgIpc) is 3.53. The highest BCUT2D eigenvalue weighted by Crippen LogP contribution is 2.44. The summed E-state index contributed by atoms with van der Waals surface area (Å²) in [5.74, 6) is 0.154. The van der Waals surface area contributed by atoms with E-state index in [1.807, 2.05) is 89.3 Å². The molecule has 1 amide bonds. The molecule has 4 heterocycles. The van der Waals surface area contributed by atoms with Gasteiger partial charge in [-0.1, -0.05) is 63.2 Å². The Balaban J connectivity index is 1.24. The van der Waals surface area contributed by atoms with E-state index in [0.29, 0.717) is 17.9 Å². The third kappa shape index (κ3) is 4.00. The molecule has 1 atom stereocenters. The Labute approximate surface area is 237 Å².